The highest BCUT2D eigenvalue weighted by molar-refractivity contribution is 7.80. The SMILES string of the molecule is CCC1CCCCC1NC(=S)NN. The molecule has 1 rings (SSSR count). The van der Waals surface area contributed by atoms with Gasteiger partial charge in [-0.3, -0.25) is 0 Å². The number of nitrogens with two attached hydrogens (primary N) is 1. The quantitative estimate of drug-likeness (QED) is 0.358. The van der Waals surface area contributed by atoms with Crippen LogP contribution < -0.4 is 16.6 Å². The van der Waals surface area contributed by atoms with E-state index in [1.807, 2.05) is 0 Å². The Morgan fingerprint density at radius 2 is 2.15 bits per heavy atom. The molecule has 4 heteroatoms. The van der Waals surface area contributed by atoms with E-state index in [1.165, 1.54) is 32.1 Å². The smallest absolute Gasteiger partial charge is 0.180 e. The molecule has 4 N–H and O–H groups in total. The molecule has 13 heavy (non-hydrogen) atoms. The Hall–Kier alpha value is -0.350. The van der Waals surface area contributed by atoms with Gasteiger partial charge in [-0.2, -0.15) is 0 Å². The van der Waals surface area contributed by atoms with Gasteiger partial charge in [0.15, 0.2) is 5.11 Å². The van der Waals surface area contributed by atoms with E-state index in [4.69, 9.17) is 18.1 Å². The summed E-state index contributed by atoms with van der Waals surface area (Å²) in [5.41, 5.74) is 2.48. The molecule has 1 fully saturated rings. The Morgan fingerprint density at radius 1 is 1.46 bits per heavy atom. The van der Waals surface area contributed by atoms with Gasteiger partial charge in [0, 0.05) is 6.04 Å². The van der Waals surface area contributed by atoms with Gasteiger partial charge in [-0.05, 0) is 31.0 Å². The van der Waals surface area contributed by atoms with Crippen molar-refractivity contribution in [3.63, 3.8) is 0 Å². The molecule has 1 aliphatic carbocycles. The van der Waals surface area contributed by atoms with Crippen molar-refractivity contribution < 1.29 is 0 Å². The van der Waals surface area contributed by atoms with Crippen LogP contribution in [-0.4, -0.2) is 11.2 Å². The Morgan fingerprint density at radius 3 is 2.77 bits per heavy atom. The first-order valence-corrected chi connectivity index (χ1v) is 5.45. The van der Waals surface area contributed by atoms with Crippen molar-refractivity contribution in [3.05, 3.63) is 0 Å². The second kappa shape index (κ2) is 5.40. The summed E-state index contributed by atoms with van der Waals surface area (Å²) in [5.74, 6) is 5.99. The molecule has 0 aromatic carbocycles. The lowest BCUT2D eigenvalue weighted by atomic mass is 9.83. The van der Waals surface area contributed by atoms with E-state index < -0.39 is 0 Å². The maximum atomic E-state index is 5.22. The number of thiocarbonyl (C=S) groups is 1. The monoisotopic (exact) mass is 201 g/mol. The summed E-state index contributed by atoms with van der Waals surface area (Å²) < 4.78 is 0. The highest BCUT2D eigenvalue weighted by Gasteiger charge is 2.23. The topological polar surface area (TPSA) is 50.1 Å². The van der Waals surface area contributed by atoms with Crippen molar-refractivity contribution in [2.45, 2.75) is 45.1 Å². The zero-order chi connectivity index (χ0) is 9.68. The van der Waals surface area contributed by atoms with E-state index in [-0.39, 0.29) is 0 Å². The molecule has 3 nitrogen and oxygen atoms in total. The molecule has 0 aromatic rings. The predicted molar refractivity (Wildman–Crippen MR) is 59.1 cm³/mol. The summed E-state index contributed by atoms with van der Waals surface area (Å²) in [5, 5.41) is 3.84. The molecule has 0 spiro atoms. The van der Waals surface area contributed by atoms with Crippen LogP contribution >= 0.6 is 12.2 Å². The molecule has 76 valence electrons. The molecule has 1 aliphatic rings. The first-order chi connectivity index (χ1) is 6.27. The number of hydrazine groups is 1. The van der Waals surface area contributed by atoms with E-state index >= 15 is 0 Å². The normalized spacial score (nSPS) is 28.2. The Kier molecular flexibility index (Phi) is 4.45. The lowest BCUT2D eigenvalue weighted by Gasteiger charge is -2.32. The standard InChI is InChI=1S/C9H19N3S/c1-2-7-5-3-4-6-8(7)11-9(13)12-10/h7-8H,2-6,10H2,1H3,(H2,11,12,13). The third-order valence-corrected chi connectivity index (χ3v) is 3.12. The molecule has 2 unspecified atom stereocenters. The Balaban J connectivity index is 2.40. The maximum Gasteiger partial charge on any atom is 0.180 e. The number of hydrogen-bond acceptors (Lipinski definition) is 2. The van der Waals surface area contributed by atoms with Gasteiger partial charge in [-0.1, -0.05) is 26.2 Å². The molecule has 0 bridgehead atoms. The van der Waals surface area contributed by atoms with E-state index in [2.05, 4.69) is 17.7 Å². The average molecular weight is 201 g/mol. The van der Waals surface area contributed by atoms with Gasteiger partial charge in [0.25, 0.3) is 0 Å². The van der Waals surface area contributed by atoms with Crippen LogP contribution in [0.1, 0.15) is 39.0 Å². The van der Waals surface area contributed by atoms with Crippen LogP contribution in [0.5, 0.6) is 0 Å². The summed E-state index contributed by atoms with van der Waals surface area (Å²) >= 11 is 4.99. The molecule has 0 aromatic heterocycles. The Labute approximate surface area is 85.4 Å². The van der Waals surface area contributed by atoms with Gasteiger partial charge >= 0.3 is 0 Å². The highest BCUT2D eigenvalue weighted by Crippen LogP contribution is 2.26. The predicted octanol–water partition coefficient (Wildman–Crippen LogP) is 1.29. The molecular weight excluding hydrogens is 182 g/mol. The Bertz CT molecular complexity index is 172. The lowest BCUT2D eigenvalue weighted by Crippen LogP contribution is -2.48. The van der Waals surface area contributed by atoms with Gasteiger partial charge in [-0.15, -0.1) is 0 Å². The zero-order valence-electron chi connectivity index (χ0n) is 8.18. The number of hydrogen-bond donors (Lipinski definition) is 3. The van der Waals surface area contributed by atoms with Crippen molar-refractivity contribution in [1.82, 2.24) is 10.7 Å². The summed E-state index contributed by atoms with van der Waals surface area (Å²) in [4.78, 5) is 0. The summed E-state index contributed by atoms with van der Waals surface area (Å²) in [6, 6.07) is 0.530. The fourth-order valence-electron chi connectivity index (χ4n) is 2.10. The summed E-state index contributed by atoms with van der Waals surface area (Å²) in [6.07, 6.45) is 6.44. The molecule has 0 saturated heterocycles. The third-order valence-electron chi connectivity index (χ3n) is 2.88. The van der Waals surface area contributed by atoms with Crippen LogP contribution in [-0.2, 0) is 0 Å². The molecule has 0 heterocycles. The molecule has 1 saturated carbocycles. The minimum Gasteiger partial charge on any atom is -0.359 e. The second-order valence-corrected chi connectivity index (χ2v) is 4.09. The van der Waals surface area contributed by atoms with Crippen LogP contribution in [0.25, 0.3) is 0 Å². The average Bonchev–Trinajstić information content (AvgIpc) is 2.18. The van der Waals surface area contributed by atoms with Crippen molar-refractivity contribution in [1.29, 1.82) is 0 Å². The first kappa shape index (κ1) is 10.7. The molecule has 0 radical (unpaired) electrons. The van der Waals surface area contributed by atoms with Crippen molar-refractivity contribution in [2.24, 2.45) is 11.8 Å². The summed E-state index contributed by atoms with van der Waals surface area (Å²) in [7, 11) is 0. The minimum atomic E-state index is 0.530. The number of nitrogens with one attached hydrogen (secondary N) is 2. The molecule has 0 amide bonds. The van der Waals surface area contributed by atoms with Crippen molar-refractivity contribution >= 4 is 17.3 Å². The molecule has 0 aliphatic heterocycles. The summed E-state index contributed by atoms with van der Waals surface area (Å²) in [6.45, 7) is 2.24. The molecular formula is C9H19N3S. The van der Waals surface area contributed by atoms with E-state index in [0.717, 1.165) is 5.92 Å². The van der Waals surface area contributed by atoms with Gasteiger partial charge in [0.2, 0.25) is 0 Å². The fraction of sp³-hybridized carbons (Fsp3) is 0.889. The van der Waals surface area contributed by atoms with Gasteiger partial charge in [0.05, 0.1) is 0 Å². The van der Waals surface area contributed by atoms with Crippen molar-refractivity contribution in [2.75, 3.05) is 0 Å². The zero-order valence-corrected chi connectivity index (χ0v) is 8.99. The second-order valence-electron chi connectivity index (χ2n) is 3.68. The number of rotatable bonds is 2. The first-order valence-electron chi connectivity index (χ1n) is 5.05. The van der Waals surface area contributed by atoms with E-state index in [0.29, 0.717) is 11.2 Å². The van der Waals surface area contributed by atoms with E-state index in [9.17, 15) is 0 Å². The molecule has 2 atom stereocenters. The maximum absolute atomic E-state index is 5.22. The van der Waals surface area contributed by atoms with Crippen LogP contribution in [0.4, 0.5) is 0 Å². The minimum absolute atomic E-state index is 0.530. The largest absolute Gasteiger partial charge is 0.359 e. The van der Waals surface area contributed by atoms with Gasteiger partial charge in [0.1, 0.15) is 0 Å². The van der Waals surface area contributed by atoms with Crippen LogP contribution in [0, 0.1) is 5.92 Å². The lowest BCUT2D eigenvalue weighted by molar-refractivity contribution is 0.280. The van der Waals surface area contributed by atoms with E-state index in [1.54, 1.807) is 0 Å². The third kappa shape index (κ3) is 3.12. The van der Waals surface area contributed by atoms with Gasteiger partial charge in [-0.25, -0.2) is 5.84 Å². The fourth-order valence-corrected chi connectivity index (χ4v) is 2.25. The van der Waals surface area contributed by atoms with Gasteiger partial charge < -0.3 is 10.7 Å². The van der Waals surface area contributed by atoms with Crippen LogP contribution in [0.15, 0.2) is 0 Å². The highest BCUT2D eigenvalue weighted by atomic mass is 32.1. The van der Waals surface area contributed by atoms with Crippen LogP contribution in [0.3, 0.4) is 0 Å². The van der Waals surface area contributed by atoms with Crippen LogP contribution in [0.2, 0.25) is 0 Å². The van der Waals surface area contributed by atoms with Crippen molar-refractivity contribution in [3.8, 4) is 0 Å².